The van der Waals surface area contributed by atoms with Crippen molar-refractivity contribution >= 4 is 5.78 Å². The number of aryl methyl sites for hydroxylation is 2. The van der Waals surface area contributed by atoms with Gasteiger partial charge >= 0.3 is 0 Å². The molecule has 18 heavy (non-hydrogen) atoms. The molecule has 1 aromatic carbocycles. The highest BCUT2D eigenvalue weighted by Crippen LogP contribution is 2.26. The molecule has 0 radical (unpaired) electrons. The van der Waals surface area contributed by atoms with Gasteiger partial charge in [-0.1, -0.05) is 43.0 Å². The molecule has 2 rings (SSSR count). The molecule has 1 saturated carbocycles. The van der Waals surface area contributed by atoms with E-state index in [2.05, 4.69) is 13.0 Å². The van der Waals surface area contributed by atoms with Crippen molar-refractivity contribution in [3.8, 4) is 0 Å². The van der Waals surface area contributed by atoms with E-state index in [0.29, 0.717) is 0 Å². The van der Waals surface area contributed by atoms with Crippen LogP contribution in [0.1, 0.15) is 53.6 Å². The maximum atomic E-state index is 12.6. The van der Waals surface area contributed by atoms with Gasteiger partial charge in [-0.25, -0.2) is 0 Å². The lowest BCUT2D eigenvalue weighted by Crippen LogP contribution is -2.35. The molecule has 2 N–H and O–H groups in total. The van der Waals surface area contributed by atoms with Gasteiger partial charge in [0.15, 0.2) is 5.78 Å². The highest BCUT2D eigenvalue weighted by atomic mass is 16.1. The summed E-state index contributed by atoms with van der Waals surface area (Å²) in [6.07, 6.45) is 5.45. The molecule has 0 amide bonds. The monoisotopic (exact) mass is 245 g/mol. The van der Waals surface area contributed by atoms with Crippen LogP contribution >= 0.6 is 0 Å². The maximum absolute atomic E-state index is 12.6. The first-order valence-electron chi connectivity index (χ1n) is 6.96. The highest BCUT2D eigenvalue weighted by molar-refractivity contribution is 5.99. The number of hydrogen-bond acceptors (Lipinski definition) is 2. The lowest BCUT2D eigenvalue weighted by atomic mass is 9.86. The number of benzene rings is 1. The quantitative estimate of drug-likeness (QED) is 0.641. The lowest BCUT2D eigenvalue weighted by molar-refractivity contribution is 0.0894. The van der Waals surface area contributed by atoms with Gasteiger partial charge in [0.05, 0.1) is 0 Å². The molecule has 2 heteroatoms. The van der Waals surface area contributed by atoms with Crippen LogP contribution in [0.25, 0.3) is 0 Å². The normalized spacial score (nSPS) is 24.6. The number of carbonyl (C=O) groups is 1. The van der Waals surface area contributed by atoms with Crippen LogP contribution in [0.2, 0.25) is 0 Å². The SMILES string of the molecule is Cc1ccc(C(=O)C2CCCCCC2N)c(C)c1. The van der Waals surface area contributed by atoms with E-state index in [4.69, 9.17) is 5.73 Å². The standard InChI is InChI=1S/C16H23NO/c1-11-8-9-13(12(2)10-11)16(18)14-6-4-3-5-7-15(14)17/h8-10,14-15H,3-7,17H2,1-2H3. The number of ketones is 1. The fourth-order valence-electron chi connectivity index (χ4n) is 2.95. The molecule has 1 fully saturated rings. The van der Waals surface area contributed by atoms with Crippen LogP contribution in [0.15, 0.2) is 18.2 Å². The largest absolute Gasteiger partial charge is 0.327 e. The second-order valence-electron chi connectivity index (χ2n) is 5.59. The maximum Gasteiger partial charge on any atom is 0.167 e. The van der Waals surface area contributed by atoms with Gasteiger partial charge in [0.25, 0.3) is 0 Å². The van der Waals surface area contributed by atoms with E-state index in [9.17, 15) is 4.79 Å². The summed E-state index contributed by atoms with van der Waals surface area (Å²) in [5, 5.41) is 0. The van der Waals surface area contributed by atoms with Gasteiger partial charge in [0, 0.05) is 17.5 Å². The van der Waals surface area contributed by atoms with Crippen molar-refractivity contribution in [2.75, 3.05) is 0 Å². The van der Waals surface area contributed by atoms with Gasteiger partial charge in [-0.2, -0.15) is 0 Å². The average Bonchev–Trinajstić information content (AvgIpc) is 2.53. The van der Waals surface area contributed by atoms with Gasteiger partial charge in [-0.3, -0.25) is 4.79 Å². The fraction of sp³-hybridized carbons (Fsp3) is 0.562. The van der Waals surface area contributed by atoms with Crippen LogP contribution in [-0.2, 0) is 0 Å². The minimum absolute atomic E-state index is 0.0221. The Kier molecular flexibility index (Phi) is 4.18. The molecule has 1 aliphatic carbocycles. The number of nitrogens with two attached hydrogens (primary N) is 1. The Morgan fingerprint density at radius 3 is 2.61 bits per heavy atom. The smallest absolute Gasteiger partial charge is 0.167 e. The van der Waals surface area contributed by atoms with Crippen molar-refractivity contribution in [1.82, 2.24) is 0 Å². The summed E-state index contributed by atoms with van der Waals surface area (Å²) in [6.45, 7) is 4.07. The van der Waals surface area contributed by atoms with E-state index in [1.54, 1.807) is 0 Å². The van der Waals surface area contributed by atoms with Crippen molar-refractivity contribution in [2.24, 2.45) is 11.7 Å². The Morgan fingerprint density at radius 2 is 1.89 bits per heavy atom. The van der Waals surface area contributed by atoms with Crippen LogP contribution in [0.5, 0.6) is 0 Å². The number of rotatable bonds is 2. The second-order valence-corrected chi connectivity index (χ2v) is 5.59. The summed E-state index contributed by atoms with van der Waals surface area (Å²) < 4.78 is 0. The molecule has 0 spiro atoms. The van der Waals surface area contributed by atoms with Gasteiger partial charge in [0.2, 0.25) is 0 Å². The summed E-state index contributed by atoms with van der Waals surface area (Å²) in [7, 11) is 0. The average molecular weight is 245 g/mol. The molecule has 0 aliphatic heterocycles. The first-order chi connectivity index (χ1) is 8.59. The predicted octanol–water partition coefficient (Wildman–Crippen LogP) is 3.39. The Labute approximate surface area is 110 Å². The molecule has 98 valence electrons. The summed E-state index contributed by atoms with van der Waals surface area (Å²) >= 11 is 0. The molecule has 2 nitrogen and oxygen atoms in total. The third kappa shape index (κ3) is 2.81. The van der Waals surface area contributed by atoms with E-state index in [1.807, 2.05) is 19.1 Å². The molecule has 2 unspecified atom stereocenters. The van der Waals surface area contributed by atoms with Gasteiger partial charge in [-0.15, -0.1) is 0 Å². The zero-order chi connectivity index (χ0) is 13.1. The lowest BCUT2D eigenvalue weighted by Gasteiger charge is -2.21. The molecule has 0 heterocycles. The molecule has 1 aliphatic rings. The Balaban J connectivity index is 2.23. The van der Waals surface area contributed by atoms with Gasteiger partial charge < -0.3 is 5.73 Å². The first kappa shape index (κ1) is 13.3. The zero-order valence-electron chi connectivity index (χ0n) is 11.4. The van der Waals surface area contributed by atoms with E-state index in [0.717, 1.165) is 36.8 Å². The molecule has 0 aromatic heterocycles. The van der Waals surface area contributed by atoms with E-state index < -0.39 is 0 Å². The zero-order valence-corrected chi connectivity index (χ0v) is 11.4. The highest BCUT2D eigenvalue weighted by Gasteiger charge is 2.28. The number of carbonyl (C=O) groups excluding carboxylic acids is 1. The van der Waals surface area contributed by atoms with Crippen molar-refractivity contribution in [2.45, 2.75) is 52.0 Å². The molecule has 0 saturated heterocycles. The van der Waals surface area contributed by atoms with Crippen LogP contribution in [-0.4, -0.2) is 11.8 Å². The van der Waals surface area contributed by atoms with Crippen LogP contribution < -0.4 is 5.73 Å². The third-order valence-electron chi connectivity index (χ3n) is 4.05. The molecule has 0 bridgehead atoms. The second kappa shape index (κ2) is 5.66. The van der Waals surface area contributed by atoms with Crippen LogP contribution in [0.3, 0.4) is 0 Å². The Hall–Kier alpha value is -1.15. The van der Waals surface area contributed by atoms with E-state index in [1.165, 1.54) is 12.0 Å². The molecule has 2 atom stereocenters. The van der Waals surface area contributed by atoms with Gasteiger partial charge in [0.1, 0.15) is 0 Å². The third-order valence-corrected chi connectivity index (χ3v) is 4.05. The predicted molar refractivity (Wildman–Crippen MR) is 74.8 cm³/mol. The van der Waals surface area contributed by atoms with Crippen LogP contribution in [0.4, 0.5) is 0 Å². The summed E-state index contributed by atoms with van der Waals surface area (Å²) in [6, 6.07) is 6.10. The molecule has 1 aromatic rings. The van der Waals surface area contributed by atoms with E-state index in [-0.39, 0.29) is 17.7 Å². The minimum Gasteiger partial charge on any atom is -0.327 e. The van der Waals surface area contributed by atoms with Gasteiger partial charge in [-0.05, 0) is 32.3 Å². The van der Waals surface area contributed by atoms with Crippen molar-refractivity contribution in [1.29, 1.82) is 0 Å². The number of hydrogen-bond donors (Lipinski definition) is 1. The molecular weight excluding hydrogens is 222 g/mol. The van der Waals surface area contributed by atoms with Crippen molar-refractivity contribution in [3.63, 3.8) is 0 Å². The molecular formula is C16H23NO. The van der Waals surface area contributed by atoms with Crippen LogP contribution in [0, 0.1) is 19.8 Å². The first-order valence-corrected chi connectivity index (χ1v) is 6.96. The summed E-state index contributed by atoms with van der Waals surface area (Å²) in [5.74, 6) is 0.274. The fourth-order valence-corrected chi connectivity index (χ4v) is 2.95. The van der Waals surface area contributed by atoms with Crippen molar-refractivity contribution < 1.29 is 4.79 Å². The summed E-state index contributed by atoms with van der Waals surface area (Å²) in [4.78, 5) is 12.6. The summed E-state index contributed by atoms with van der Waals surface area (Å²) in [5.41, 5.74) is 9.32. The topological polar surface area (TPSA) is 43.1 Å². The van der Waals surface area contributed by atoms with E-state index >= 15 is 0 Å². The Morgan fingerprint density at radius 1 is 1.17 bits per heavy atom. The van der Waals surface area contributed by atoms with Crippen molar-refractivity contribution in [3.05, 3.63) is 34.9 Å². The Bertz CT molecular complexity index is 439. The number of Topliss-reactive ketones (excluding diaryl/α,β-unsaturated/α-hetero) is 1. The minimum atomic E-state index is 0.0221.